The van der Waals surface area contributed by atoms with Crippen molar-refractivity contribution in [3.8, 4) is 0 Å². The van der Waals surface area contributed by atoms with E-state index >= 15 is 0 Å². The summed E-state index contributed by atoms with van der Waals surface area (Å²) in [5, 5.41) is 3.08. The van der Waals surface area contributed by atoms with E-state index < -0.39 is 5.91 Å². The molecule has 2 amide bonds. The molecule has 0 spiro atoms. The highest BCUT2D eigenvalue weighted by Gasteiger charge is 2.30. The van der Waals surface area contributed by atoms with Gasteiger partial charge in [0.2, 0.25) is 11.8 Å². The van der Waals surface area contributed by atoms with Gasteiger partial charge >= 0.3 is 0 Å². The van der Waals surface area contributed by atoms with Crippen molar-refractivity contribution < 1.29 is 9.59 Å². The Hall–Kier alpha value is -2.18. The summed E-state index contributed by atoms with van der Waals surface area (Å²) in [6, 6.07) is 15.7. The maximum Gasteiger partial charge on any atom is 0.248 e. The summed E-state index contributed by atoms with van der Waals surface area (Å²) in [4.78, 5) is 25.9. The molecule has 2 aromatic carbocycles. The van der Waals surface area contributed by atoms with Gasteiger partial charge in [-0.2, -0.15) is 0 Å². The third kappa shape index (κ3) is 5.65. The molecule has 0 radical (unpaired) electrons. The lowest BCUT2D eigenvalue weighted by Crippen LogP contribution is -2.39. The molecule has 0 saturated heterocycles. The largest absolute Gasteiger partial charge is 0.366 e. The van der Waals surface area contributed by atoms with E-state index in [4.69, 9.17) is 5.73 Å². The van der Waals surface area contributed by atoms with Gasteiger partial charge in [0.1, 0.15) is 0 Å². The molecule has 27 heavy (non-hydrogen) atoms. The number of halogens is 1. The number of primary amides is 1. The number of benzene rings is 2. The van der Waals surface area contributed by atoms with E-state index in [9.17, 15) is 9.59 Å². The Morgan fingerprint density at radius 1 is 1.15 bits per heavy atom. The molecule has 3 N–H and O–H groups in total. The molecular formula is C21H24BrN3O2. The van der Waals surface area contributed by atoms with Crippen LogP contribution in [0.5, 0.6) is 0 Å². The van der Waals surface area contributed by atoms with Gasteiger partial charge in [0.05, 0.1) is 12.6 Å². The van der Waals surface area contributed by atoms with Crippen molar-refractivity contribution >= 4 is 27.7 Å². The van der Waals surface area contributed by atoms with Crippen molar-refractivity contribution in [3.63, 3.8) is 0 Å². The van der Waals surface area contributed by atoms with Crippen LogP contribution in [-0.2, 0) is 11.3 Å². The fourth-order valence-electron chi connectivity index (χ4n) is 3.07. The molecule has 2 aromatic rings. The predicted molar refractivity (Wildman–Crippen MR) is 109 cm³/mol. The van der Waals surface area contributed by atoms with Crippen LogP contribution in [0.15, 0.2) is 53.0 Å². The highest BCUT2D eigenvalue weighted by Crippen LogP contribution is 2.28. The van der Waals surface area contributed by atoms with E-state index in [0.29, 0.717) is 24.7 Å². The minimum absolute atomic E-state index is 0.0195. The number of nitrogens with one attached hydrogen (secondary N) is 1. The lowest BCUT2D eigenvalue weighted by Gasteiger charge is -2.23. The third-order valence-corrected chi connectivity index (χ3v) is 5.31. The van der Waals surface area contributed by atoms with Crippen LogP contribution in [0.2, 0.25) is 0 Å². The summed E-state index contributed by atoms with van der Waals surface area (Å²) in [6.07, 6.45) is 2.24. The second kappa shape index (κ2) is 8.67. The molecule has 6 heteroatoms. The smallest absolute Gasteiger partial charge is 0.248 e. The van der Waals surface area contributed by atoms with Gasteiger partial charge in [-0.1, -0.05) is 40.2 Å². The van der Waals surface area contributed by atoms with E-state index in [1.807, 2.05) is 43.3 Å². The molecule has 1 atom stereocenters. The van der Waals surface area contributed by atoms with E-state index in [1.54, 1.807) is 12.1 Å². The van der Waals surface area contributed by atoms with Gasteiger partial charge in [-0.25, -0.2) is 0 Å². The number of hydrogen-bond donors (Lipinski definition) is 2. The zero-order valence-corrected chi connectivity index (χ0v) is 16.9. The van der Waals surface area contributed by atoms with Gasteiger partial charge in [0, 0.05) is 22.6 Å². The first kappa shape index (κ1) is 19.6. The van der Waals surface area contributed by atoms with Crippen molar-refractivity contribution in [2.45, 2.75) is 38.4 Å². The quantitative estimate of drug-likeness (QED) is 0.674. The standard InChI is InChI=1S/C21H24BrN3O2/c1-14(16-6-8-18(22)9-7-16)24-20(26)13-25(19-10-11-19)12-15-2-4-17(5-3-15)21(23)27/h2-9,14,19H,10-13H2,1H3,(H2,23,27)(H,24,26). The first-order chi connectivity index (χ1) is 12.9. The Morgan fingerprint density at radius 3 is 2.33 bits per heavy atom. The van der Waals surface area contributed by atoms with E-state index in [0.717, 1.165) is 28.4 Å². The van der Waals surface area contributed by atoms with Crippen molar-refractivity contribution in [2.24, 2.45) is 5.73 Å². The minimum Gasteiger partial charge on any atom is -0.366 e. The lowest BCUT2D eigenvalue weighted by atomic mass is 10.1. The first-order valence-corrected chi connectivity index (χ1v) is 9.89. The zero-order chi connectivity index (χ0) is 19.4. The van der Waals surface area contributed by atoms with Crippen molar-refractivity contribution in [3.05, 3.63) is 69.7 Å². The van der Waals surface area contributed by atoms with Crippen LogP contribution in [0.3, 0.4) is 0 Å². The molecule has 3 rings (SSSR count). The summed E-state index contributed by atoms with van der Waals surface area (Å²) in [5.74, 6) is -0.409. The highest BCUT2D eigenvalue weighted by molar-refractivity contribution is 9.10. The molecule has 1 fully saturated rings. The monoisotopic (exact) mass is 429 g/mol. The number of nitrogens with zero attached hydrogens (tertiary/aromatic N) is 1. The summed E-state index contributed by atoms with van der Waals surface area (Å²) >= 11 is 3.43. The van der Waals surface area contributed by atoms with Gasteiger partial charge < -0.3 is 11.1 Å². The second-order valence-corrected chi connectivity index (χ2v) is 7.95. The van der Waals surface area contributed by atoms with Crippen LogP contribution in [-0.4, -0.2) is 29.3 Å². The summed E-state index contributed by atoms with van der Waals surface area (Å²) < 4.78 is 1.02. The first-order valence-electron chi connectivity index (χ1n) is 9.10. The van der Waals surface area contributed by atoms with Crippen LogP contribution in [0.4, 0.5) is 0 Å². The zero-order valence-electron chi connectivity index (χ0n) is 15.3. The number of hydrogen-bond acceptors (Lipinski definition) is 3. The maximum atomic E-state index is 12.5. The van der Waals surface area contributed by atoms with Gasteiger partial charge in [-0.05, 0) is 55.2 Å². The SMILES string of the molecule is CC(NC(=O)CN(Cc1ccc(C(N)=O)cc1)C1CC1)c1ccc(Br)cc1. The summed E-state index contributed by atoms with van der Waals surface area (Å²) in [6.45, 7) is 3.04. The Labute approximate surface area is 168 Å². The van der Waals surface area contributed by atoms with E-state index in [-0.39, 0.29) is 11.9 Å². The third-order valence-electron chi connectivity index (χ3n) is 4.78. The van der Waals surface area contributed by atoms with Crippen molar-refractivity contribution in [2.75, 3.05) is 6.54 Å². The van der Waals surface area contributed by atoms with Gasteiger partial charge in [-0.15, -0.1) is 0 Å². The fraction of sp³-hybridized carbons (Fsp3) is 0.333. The van der Waals surface area contributed by atoms with Gasteiger partial charge in [0.25, 0.3) is 0 Å². The second-order valence-electron chi connectivity index (χ2n) is 7.04. The highest BCUT2D eigenvalue weighted by atomic mass is 79.9. The fourth-order valence-corrected chi connectivity index (χ4v) is 3.33. The van der Waals surface area contributed by atoms with Crippen LogP contribution >= 0.6 is 15.9 Å². The average Bonchev–Trinajstić information content (AvgIpc) is 3.47. The molecular weight excluding hydrogens is 406 g/mol. The van der Waals surface area contributed by atoms with Crippen molar-refractivity contribution in [1.29, 1.82) is 0 Å². The number of carbonyl (C=O) groups excluding carboxylic acids is 2. The number of carbonyl (C=O) groups is 2. The van der Waals surface area contributed by atoms with Crippen LogP contribution in [0.25, 0.3) is 0 Å². The lowest BCUT2D eigenvalue weighted by molar-refractivity contribution is -0.123. The molecule has 1 unspecified atom stereocenters. The molecule has 5 nitrogen and oxygen atoms in total. The topological polar surface area (TPSA) is 75.4 Å². The molecule has 0 aromatic heterocycles. The van der Waals surface area contributed by atoms with Gasteiger partial charge in [0.15, 0.2) is 0 Å². The maximum absolute atomic E-state index is 12.5. The van der Waals surface area contributed by atoms with Crippen LogP contribution in [0.1, 0.15) is 47.3 Å². The molecule has 1 saturated carbocycles. The van der Waals surface area contributed by atoms with Gasteiger partial charge in [-0.3, -0.25) is 14.5 Å². The Morgan fingerprint density at radius 2 is 1.78 bits per heavy atom. The number of amides is 2. The molecule has 1 aliphatic carbocycles. The molecule has 0 heterocycles. The molecule has 1 aliphatic rings. The average molecular weight is 430 g/mol. The minimum atomic E-state index is -0.429. The molecule has 0 aliphatic heterocycles. The summed E-state index contributed by atoms with van der Waals surface area (Å²) in [5.41, 5.74) is 7.93. The normalized spacial score (nSPS) is 14.8. The van der Waals surface area contributed by atoms with Crippen molar-refractivity contribution in [1.82, 2.24) is 10.2 Å². The Kier molecular flexibility index (Phi) is 6.29. The predicted octanol–water partition coefficient (Wildman–Crippen LogP) is 3.39. The molecule has 0 bridgehead atoms. The van der Waals surface area contributed by atoms with E-state index in [2.05, 4.69) is 26.1 Å². The Bertz CT molecular complexity index is 801. The summed E-state index contributed by atoms with van der Waals surface area (Å²) in [7, 11) is 0. The molecule has 142 valence electrons. The van der Waals surface area contributed by atoms with Crippen LogP contribution < -0.4 is 11.1 Å². The Balaban J connectivity index is 1.58. The van der Waals surface area contributed by atoms with Crippen LogP contribution in [0, 0.1) is 0 Å². The number of rotatable bonds is 8. The van der Waals surface area contributed by atoms with E-state index in [1.165, 1.54) is 0 Å². The number of nitrogens with two attached hydrogens (primary N) is 1.